The van der Waals surface area contributed by atoms with E-state index in [-0.39, 0.29) is 5.91 Å². The van der Waals surface area contributed by atoms with Gasteiger partial charge >= 0.3 is 0 Å². The number of fused-ring (bicyclic) bond motifs is 1. The molecule has 1 unspecified atom stereocenters. The van der Waals surface area contributed by atoms with Crippen molar-refractivity contribution in [2.45, 2.75) is 19.1 Å². The van der Waals surface area contributed by atoms with Crippen molar-refractivity contribution in [1.29, 1.82) is 0 Å². The number of nitrogens with zero attached hydrogens (tertiary/aromatic N) is 1. The van der Waals surface area contributed by atoms with Gasteiger partial charge in [-0.05, 0) is 41.0 Å². The summed E-state index contributed by atoms with van der Waals surface area (Å²) >= 11 is 0. The first-order valence-corrected chi connectivity index (χ1v) is 10.9. The first-order valence-electron chi connectivity index (χ1n) is 10.9. The largest absolute Gasteiger partial charge is 0.368 e. The van der Waals surface area contributed by atoms with Gasteiger partial charge in [-0.2, -0.15) is 0 Å². The van der Waals surface area contributed by atoms with Crippen LogP contribution in [0.2, 0.25) is 0 Å². The van der Waals surface area contributed by atoms with Gasteiger partial charge in [0.2, 0.25) is 0 Å². The molecule has 4 nitrogen and oxygen atoms in total. The molecule has 0 aliphatic carbocycles. The first kappa shape index (κ1) is 19.9. The molecule has 4 heteroatoms. The lowest BCUT2D eigenvalue weighted by Crippen LogP contribution is -2.31. The molecule has 4 aromatic carbocycles. The zero-order chi connectivity index (χ0) is 21.8. The smallest absolute Gasteiger partial charge is 0.251 e. The predicted octanol–water partition coefficient (Wildman–Crippen LogP) is 6.00. The Morgan fingerprint density at radius 1 is 0.625 bits per heavy atom. The summed E-state index contributed by atoms with van der Waals surface area (Å²) in [6.07, 6.45) is 0. The van der Waals surface area contributed by atoms with E-state index in [4.69, 9.17) is 0 Å². The minimum absolute atomic E-state index is 0.0399. The molecule has 5 rings (SSSR count). The van der Waals surface area contributed by atoms with Crippen LogP contribution in [0.25, 0.3) is 0 Å². The number of amides is 1. The van der Waals surface area contributed by atoms with Crippen LogP contribution in [0.5, 0.6) is 0 Å². The molecule has 1 aliphatic heterocycles. The lowest BCUT2D eigenvalue weighted by molar-refractivity contribution is -0.117. The van der Waals surface area contributed by atoms with Crippen LogP contribution in [0.3, 0.4) is 0 Å². The summed E-state index contributed by atoms with van der Waals surface area (Å²) in [5, 5.41) is 6.37. The van der Waals surface area contributed by atoms with Gasteiger partial charge in [-0.1, -0.05) is 84.9 Å². The molecular weight excluding hydrogens is 394 g/mol. The fourth-order valence-electron chi connectivity index (χ4n) is 4.10. The Bertz CT molecular complexity index is 1150. The number of hydrogen-bond donors (Lipinski definition) is 2. The van der Waals surface area contributed by atoms with Gasteiger partial charge in [-0.25, -0.2) is 0 Å². The Labute approximate surface area is 188 Å². The van der Waals surface area contributed by atoms with Gasteiger partial charge in [0, 0.05) is 18.8 Å². The lowest BCUT2D eigenvalue weighted by atomic mass is 10.0. The summed E-state index contributed by atoms with van der Waals surface area (Å²) in [7, 11) is 0. The average molecular weight is 420 g/mol. The fourth-order valence-corrected chi connectivity index (χ4v) is 4.10. The third-order valence-corrected chi connectivity index (χ3v) is 5.77. The molecule has 4 aromatic rings. The van der Waals surface area contributed by atoms with Crippen LogP contribution in [0.1, 0.15) is 22.7 Å². The molecule has 1 aliphatic rings. The molecular formula is C28H25N3O. The van der Waals surface area contributed by atoms with Crippen LogP contribution in [0.4, 0.5) is 17.1 Å². The standard InChI is InChI=1S/C28H25N3O/c32-28-27(29-25-13-7-8-14-26(25)30-28)23-15-17-24(18-16-23)31(19-21-9-3-1-4-10-21)20-22-11-5-2-6-12-22/h1-18,27,29H,19-20H2,(H,30,32). The Balaban J connectivity index is 1.40. The SMILES string of the molecule is O=C1Nc2ccccc2NC1c1ccc(N(Cc2ccccc2)Cc2ccccc2)cc1. The normalized spacial score (nSPS) is 14.8. The number of para-hydroxylation sites is 2. The van der Waals surface area contributed by atoms with Crippen molar-refractivity contribution in [2.75, 3.05) is 15.5 Å². The Kier molecular flexibility index (Phi) is 5.58. The van der Waals surface area contributed by atoms with Crippen LogP contribution >= 0.6 is 0 Å². The zero-order valence-electron chi connectivity index (χ0n) is 17.7. The first-order chi connectivity index (χ1) is 15.8. The van der Waals surface area contributed by atoms with Gasteiger partial charge in [0.25, 0.3) is 5.91 Å². The minimum Gasteiger partial charge on any atom is -0.368 e. The number of carbonyl (C=O) groups excluding carboxylic acids is 1. The quantitative estimate of drug-likeness (QED) is 0.403. The molecule has 0 fully saturated rings. The second-order valence-corrected chi connectivity index (χ2v) is 8.03. The summed E-state index contributed by atoms with van der Waals surface area (Å²) in [4.78, 5) is 15.0. The van der Waals surface area contributed by atoms with Gasteiger partial charge in [0.05, 0.1) is 11.4 Å². The summed E-state index contributed by atoms with van der Waals surface area (Å²) < 4.78 is 0. The van der Waals surface area contributed by atoms with Crippen LogP contribution in [0, 0.1) is 0 Å². The van der Waals surface area contributed by atoms with E-state index in [0.717, 1.165) is 35.7 Å². The molecule has 1 heterocycles. The van der Waals surface area contributed by atoms with Crippen molar-refractivity contribution >= 4 is 23.0 Å². The number of rotatable bonds is 6. The maximum Gasteiger partial charge on any atom is 0.251 e. The molecule has 0 spiro atoms. The summed E-state index contributed by atoms with van der Waals surface area (Å²) in [6.45, 7) is 1.62. The summed E-state index contributed by atoms with van der Waals surface area (Å²) in [5.41, 5.74) is 6.35. The highest BCUT2D eigenvalue weighted by molar-refractivity contribution is 6.03. The lowest BCUT2D eigenvalue weighted by Gasteiger charge is -2.28. The molecule has 1 atom stereocenters. The molecule has 0 radical (unpaired) electrons. The van der Waals surface area contributed by atoms with E-state index in [1.165, 1.54) is 11.1 Å². The highest BCUT2D eigenvalue weighted by Gasteiger charge is 2.26. The van der Waals surface area contributed by atoms with E-state index in [1.54, 1.807) is 0 Å². The van der Waals surface area contributed by atoms with Crippen molar-refractivity contribution in [3.63, 3.8) is 0 Å². The topological polar surface area (TPSA) is 44.4 Å². The number of hydrogen-bond acceptors (Lipinski definition) is 3. The van der Waals surface area contributed by atoms with Gasteiger partial charge in [-0.15, -0.1) is 0 Å². The van der Waals surface area contributed by atoms with Crippen LogP contribution in [-0.2, 0) is 17.9 Å². The highest BCUT2D eigenvalue weighted by Crippen LogP contribution is 2.33. The number of anilines is 3. The maximum atomic E-state index is 12.7. The van der Waals surface area contributed by atoms with Crippen molar-refractivity contribution in [3.05, 3.63) is 126 Å². The number of carbonyl (C=O) groups is 1. The molecule has 32 heavy (non-hydrogen) atoms. The molecule has 1 amide bonds. The highest BCUT2D eigenvalue weighted by atomic mass is 16.2. The van der Waals surface area contributed by atoms with Crippen molar-refractivity contribution in [2.24, 2.45) is 0 Å². The Morgan fingerprint density at radius 2 is 1.16 bits per heavy atom. The van der Waals surface area contributed by atoms with Crippen molar-refractivity contribution in [1.82, 2.24) is 0 Å². The summed E-state index contributed by atoms with van der Waals surface area (Å²) in [5.74, 6) is -0.0399. The van der Waals surface area contributed by atoms with E-state index >= 15 is 0 Å². The molecule has 0 aromatic heterocycles. The van der Waals surface area contributed by atoms with Gasteiger partial charge in [0.15, 0.2) is 0 Å². The average Bonchev–Trinajstić information content (AvgIpc) is 2.85. The summed E-state index contributed by atoms with van der Waals surface area (Å²) in [6, 6.07) is 36.7. The molecule has 158 valence electrons. The van der Waals surface area contributed by atoms with Crippen molar-refractivity contribution in [3.8, 4) is 0 Å². The zero-order valence-corrected chi connectivity index (χ0v) is 17.7. The van der Waals surface area contributed by atoms with E-state index < -0.39 is 6.04 Å². The number of nitrogens with one attached hydrogen (secondary N) is 2. The van der Waals surface area contributed by atoms with Crippen LogP contribution < -0.4 is 15.5 Å². The van der Waals surface area contributed by atoms with Gasteiger partial charge in [-0.3, -0.25) is 4.79 Å². The monoisotopic (exact) mass is 419 g/mol. The second kappa shape index (κ2) is 8.98. The van der Waals surface area contributed by atoms with Gasteiger partial charge < -0.3 is 15.5 Å². The number of benzene rings is 4. The van der Waals surface area contributed by atoms with Gasteiger partial charge in [0.1, 0.15) is 6.04 Å². The maximum absolute atomic E-state index is 12.7. The molecule has 0 saturated heterocycles. The molecule has 0 saturated carbocycles. The van der Waals surface area contributed by atoms with E-state index in [9.17, 15) is 4.79 Å². The van der Waals surface area contributed by atoms with E-state index in [2.05, 4.69) is 76.2 Å². The van der Waals surface area contributed by atoms with E-state index in [0.29, 0.717) is 0 Å². The molecule has 0 bridgehead atoms. The third kappa shape index (κ3) is 4.35. The van der Waals surface area contributed by atoms with E-state index in [1.807, 2.05) is 48.5 Å². The second-order valence-electron chi connectivity index (χ2n) is 8.03. The predicted molar refractivity (Wildman–Crippen MR) is 131 cm³/mol. The van der Waals surface area contributed by atoms with Crippen LogP contribution in [-0.4, -0.2) is 5.91 Å². The minimum atomic E-state index is -0.407. The van der Waals surface area contributed by atoms with Crippen LogP contribution in [0.15, 0.2) is 109 Å². The fraction of sp³-hybridized carbons (Fsp3) is 0.107. The Morgan fingerprint density at radius 3 is 1.75 bits per heavy atom. The Hall–Kier alpha value is -4.05. The van der Waals surface area contributed by atoms with Crippen molar-refractivity contribution < 1.29 is 4.79 Å². The molecule has 2 N–H and O–H groups in total. The third-order valence-electron chi connectivity index (χ3n) is 5.77.